The third kappa shape index (κ3) is 5.28. The Hall–Kier alpha value is -2.44. The lowest BCUT2D eigenvalue weighted by Crippen LogP contribution is -2.31. The molecule has 2 N–H and O–H groups in total. The molecule has 3 aromatic carbocycles. The number of hydrogen-bond donors (Lipinski definition) is 2. The fourth-order valence-corrected chi connectivity index (χ4v) is 3.26. The molecule has 0 saturated carbocycles. The summed E-state index contributed by atoms with van der Waals surface area (Å²) in [6.45, 7) is 3.20. The predicted octanol–water partition coefficient (Wildman–Crippen LogP) is 5.00. The highest BCUT2D eigenvalue weighted by atomic mass is 79.9. The largest absolute Gasteiger partial charge is 0.488 e. The third-order valence-electron chi connectivity index (χ3n) is 3.94. The lowest BCUT2D eigenvalue weighted by molar-refractivity contribution is 0.307. The highest BCUT2D eigenvalue weighted by molar-refractivity contribution is 9.10. The molecule has 0 aliphatic heterocycles. The number of ether oxygens (including phenoxy) is 1. The van der Waals surface area contributed by atoms with Gasteiger partial charge in [0.2, 0.25) is 0 Å². The molecule has 3 rings (SSSR count). The van der Waals surface area contributed by atoms with Crippen molar-refractivity contribution in [2.24, 2.45) is 5.10 Å². The van der Waals surface area contributed by atoms with Gasteiger partial charge in [-0.15, -0.1) is 0 Å². The van der Waals surface area contributed by atoms with Crippen LogP contribution < -0.4 is 15.5 Å². The van der Waals surface area contributed by atoms with Gasteiger partial charge in [0, 0.05) is 16.6 Å². The van der Waals surface area contributed by atoms with Crippen LogP contribution in [0.2, 0.25) is 0 Å². The molecule has 138 valence electrons. The first-order valence-electron chi connectivity index (χ1n) is 8.63. The number of benzene rings is 3. The monoisotopic (exact) mass is 441 g/mol. The Bertz CT molecular complexity index is 969. The van der Waals surface area contributed by atoms with Crippen LogP contribution in [0.3, 0.4) is 0 Å². The Morgan fingerprint density at radius 2 is 1.96 bits per heavy atom. The predicted molar refractivity (Wildman–Crippen MR) is 119 cm³/mol. The number of hydrazone groups is 1. The van der Waals surface area contributed by atoms with Gasteiger partial charge in [-0.25, -0.2) is 0 Å². The average Bonchev–Trinajstić information content (AvgIpc) is 2.67. The van der Waals surface area contributed by atoms with Crippen LogP contribution in [0.15, 0.2) is 70.2 Å². The molecule has 0 radical (unpaired) electrons. The van der Waals surface area contributed by atoms with Crippen molar-refractivity contribution in [3.63, 3.8) is 0 Å². The smallest absolute Gasteiger partial charge is 0.186 e. The summed E-state index contributed by atoms with van der Waals surface area (Å²) in [5.41, 5.74) is 4.80. The number of thiocarbonyl (C=S) groups is 1. The number of nitrogens with one attached hydrogen (secondary N) is 2. The van der Waals surface area contributed by atoms with Gasteiger partial charge in [0.1, 0.15) is 12.4 Å². The van der Waals surface area contributed by atoms with E-state index in [0.29, 0.717) is 11.7 Å². The third-order valence-corrected chi connectivity index (χ3v) is 4.67. The van der Waals surface area contributed by atoms with Crippen LogP contribution in [-0.4, -0.2) is 17.9 Å². The normalized spacial score (nSPS) is 10.9. The van der Waals surface area contributed by atoms with Crippen LogP contribution in [0.4, 0.5) is 0 Å². The maximum Gasteiger partial charge on any atom is 0.186 e. The quantitative estimate of drug-likeness (QED) is 0.321. The van der Waals surface area contributed by atoms with E-state index in [1.807, 2.05) is 37.3 Å². The number of halogens is 1. The Morgan fingerprint density at radius 3 is 2.81 bits per heavy atom. The van der Waals surface area contributed by atoms with E-state index in [1.54, 1.807) is 6.21 Å². The molecular weight excluding hydrogens is 422 g/mol. The fraction of sp³-hybridized carbons (Fsp3) is 0.143. The summed E-state index contributed by atoms with van der Waals surface area (Å²) in [5.74, 6) is 0.756. The van der Waals surface area contributed by atoms with Gasteiger partial charge in [0.05, 0.1) is 6.21 Å². The Kier molecular flexibility index (Phi) is 6.79. The van der Waals surface area contributed by atoms with Crippen LogP contribution in [0.5, 0.6) is 5.75 Å². The van der Waals surface area contributed by atoms with Gasteiger partial charge < -0.3 is 10.1 Å². The van der Waals surface area contributed by atoms with Crippen molar-refractivity contribution in [1.82, 2.24) is 10.7 Å². The minimum absolute atomic E-state index is 0.479. The van der Waals surface area contributed by atoms with Crippen molar-refractivity contribution in [1.29, 1.82) is 0 Å². The molecule has 0 fully saturated rings. The minimum Gasteiger partial charge on any atom is -0.488 e. The van der Waals surface area contributed by atoms with Crippen molar-refractivity contribution in [3.05, 3.63) is 76.3 Å². The molecule has 0 aliphatic rings. The molecule has 0 aliphatic carbocycles. The Balaban J connectivity index is 1.76. The molecule has 0 spiro atoms. The molecule has 0 atom stereocenters. The second-order valence-corrected chi connectivity index (χ2v) is 7.16. The molecule has 0 saturated heterocycles. The number of rotatable bonds is 6. The van der Waals surface area contributed by atoms with Crippen LogP contribution in [0, 0.1) is 0 Å². The molecule has 0 unspecified atom stereocenters. The van der Waals surface area contributed by atoms with Crippen molar-refractivity contribution in [2.45, 2.75) is 13.5 Å². The maximum absolute atomic E-state index is 6.10. The second kappa shape index (κ2) is 9.48. The summed E-state index contributed by atoms with van der Waals surface area (Å²) in [6.07, 6.45) is 1.70. The number of nitrogens with zero attached hydrogens (tertiary/aromatic N) is 1. The van der Waals surface area contributed by atoms with Gasteiger partial charge in [0.15, 0.2) is 5.11 Å². The standard InChI is InChI=1S/C21H20BrN3OS/c1-2-23-21(27)25-24-13-17-12-18(22)10-11-20(17)26-14-16-8-5-7-15-6-3-4-9-19(15)16/h3-13H,2,14H2,1H3,(H2,23,25,27)/b24-13-. The van der Waals surface area contributed by atoms with E-state index in [9.17, 15) is 0 Å². The number of fused-ring (bicyclic) bond motifs is 1. The molecule has 3 aromatic rings. The van der Waals surface area contributed by atoms with Crippen LogP contribution in [-0.2, 0) is 6.61 Å². The minimum atomic E-state index is 0.479. The lowest BCUT2D eigenvalue weighted by Gasteiger charge is -2.12. The van der Waals surface area contributed by atoms with Crippen LogP contribution in [0.1, 0.15) is 18.1 Å². The van der Waals surface area contributed by atoms with E-state index >= 15 is 0 Å². The summed E-state index contributed by atoms with van der Waals surface area (Å²) in [7, 11) is 0. The van der Waals surface area contributed by atoms with Crippen molar-refractivity contribution < 1.29 is 4.74 Å². The van der Waals surface area contributed by atoms with Crippen molar-refractivity contribution in [3.8, 4) is 5.75 Å². The van der Waals surface area contributed by atoms with Gasteiger partial charge in [-0.05, 0) is 53.7 Å². The molecule has 0 heterocycles. The highest BCUT2D eigenvalue weighted by Crippen LogP contribution is 2.25. The zero-order valence-corrected chi connectivity index (χ0v) is 17.3. The SMILES string of the molecule is CCNC(=S)N/N=C\c1cc(Br)ccc1OCc1cccc2ccccc12. The van der Waals surface area contributed by atoms with Gasteiger partial charge in [-0.2, -0.15) is 5.10 Å². The van der Waals surface area contributed by atoms with Crippen LogP contribution in [0.25, 0.3) is 10.8 Å². The first kappa shape index (κ1) is 19.3. The van der Waals surface area contributed by atoms with Crippen molar-refractivity contribution >= 4 is 50.2 Å². The first-order chi connectivity index (χ1) is 13.2. The van der Waals surface area contributed by atoms with E-state index < -0.39 is 0 Å². The summed E-state index contributed by atoms with van der Waals surface area (Å²) in [5, 5.41) is 10.1. The molecule has 4 nitrogen and oxygen atoms in total. The highest BCUT2D eigenvalue weighted by Gasteiger charge is 2.06. The summed E-state index contributed by atoms with van der Waals surface area (Å²) in [4.78, 5) is 0. The fourth-order valence-electron chi connectivity index (χ4n) is 2.69. The number of hydrogen-bond acceptors (Lipinski definition) is 3. The molecular formula is C21H20BrN3OS. The summed E-state index contributed by atoms with van der Waals surface area (Å²) < 4.78 is 7.06. The molecule has 0 bridgehead atoms. The molecule has 27 heavy (non-hydrogen) atoms. The van der Waals surface area contributed by atoms with E-state index in [-0.39, 0.29) is 0 Å². The summed E-state index contributed by atoms with van der Waals surface area (Å²) in [6, 6.07) is 20.4. The maximum atomic E-state index is 6.10. The van der Waals surface area contributed by atoms with Gasteiger partial charge >= 0.3 is 0 Å². The van der Waals surface area contributed by atoms with Gasteiger partial charge in [0.25, 0.3) is 0 Å². The topological polar surface area (TPSA) is 45.7 Å². The van der Waals surface area contributed by atoms with E-state index in [0.717, 1.165) is 27.9 Å². The lowest BCUT2D eigenvalue weighted by atomic mass is 10.1. The van der Waals surface area contributed by atoms with E-state index in [4.69, 9.17) is 17.0 Å². The molecule has 0 aromatic heterocycles. The Morgan fingerprint density at radius 1 is 1.15 bits per heavy atom. The first-order valence-corrected chi connectivity index (χ1v) is 9.83. The van der Waals surface area contributed by atoms with E-state index in [1.165, 1.54) is 10.8 Å². The zero-order valence-electron chi connectivity index (χ0n) is 14.9. The molecule has 6 heteroatoms. The zero-order chi connectivity index (χ0) is 19.1. The van der Waals surface area contributed by atoms with E-state index in [2.05, 4.69) is 62.1 Å². The average molecular weight is 442 g/mol. The van der Waals surface area contributed by atoms with Crippen LogP contribution >= 0.6 is 28.1 Å². The second-order valence-electron chi connectivity index (χ2n) is 5.84. The summed E-state index contributed by atoms with van der Waals surface area (Å²) >= 11 is 8.61. The van der Waals surface area contributed by atoms with Gasteiger partial charge in [-0.3, -0.25) is 5.43 Å². The van der Waals surface area contributed by atoms with Gasteiger partial charge in [-0.1, -0.05) is 58.4 Å². The molecule has 0 amide bonds. The van der Waals surface area contributed by atoms with Crippen molar-refractivity contribution in [2.75, 3.05) is 6.54 Å². The Labute approximate surface area is 172 Å².